The number of rotatable bonds is 6. The van der Waals surface area contributed by atoms with E-state index in [-0.39, 0.29) is 17.7 Å². The summed E-state index contributed by atoms with van der Waals surface area (Å²) in [6, 6.07) is 0. The van der Waals surface area contributed by atoms with Gasteiger partial charge in [0.15, 0.2) is 0 Å². The van der Waals surface area contributed by atoms with Crippen molar-refractivity contribution < 1.29 is 4.79 Å². The van der Waals surface area contributed by atoms with Crippen molar-refractivity contribution in [3.05, 3.63) is 5.28 Å². The quantitative estimate of drug-likeness (QED) is 0.823. The number of anilines is 2. The van der Waals surface area contributed by atoms with Gasteiger partial charge in [0, 0.05) is 27.7 Å². The molecule has 0 saturated carbocycles. The zero-order chi connectivity index (χ0) is 14.4. The monoisotopic (exact) mass is 286 g/mol. The van der Waals surface area contributed by atoms with Crippen LogP contribution in [0.2, 0.25) is 5.28 Å². The van der Waals surface area contributed by atoms with E-state index in [2.05, 4.69) is 20.3 Å². The molecule has 0 radical (unpaired) electrons. The Bertz CT molecular complexity index is 439. The van der Waals surface area contributed by atoms with Crippen LogP contribution in [0.4, 0.5) is 11.9 Å². The minimum atomic E-state index is -0.0766. The Balaban J connectivity index is 2.76. The number of nitrogens with zero attached hydrogens (tertiary/aromatic N) is 5. The predicted octanol–water partition coefficient (Wildman–Crippen LogP) is 0.553. The van der Waals surface area contributed by atoms with E-state index in [1.165, 1.54) is 0 Å². The molecule has 19 heavy (non-hydrogen) atoms. The number of carbonyl (C=O) groups is 1. The molecule has 1 aromatic rings. The van der Waals surface area contributed by atoms with Gasteiger partial charge in [-0.3, -0.25) is 4.79 Å². The van der Waals surface area contributed by atoms with Crippen molar-refractivity contribution in [3.8, 4) is 0 Å². The van der Waals surface area contributed by atoms with Gasteiger partial charge in [-0.15, -0.1) is 0 Å². The van der Waals surface area contributed by atoms with Gasteiger partial charge >= 0.3 is 0 Å². The second-order valence-corrected chi connectivity index (χ2v) is 4.64. The first-order valence-electron chi connectivity index (χ1n) is 6.00. The zero-order valence-corrected chi connectivity index (χ0v) is 12.4. The van der Waals surface area contributed by atoms with Gasteiger partial charge in [-0.25, -0.2) is 0 Å². The van der Waals surface area contributed by atoms with Crippen molar-refractivity contribution in [2.75, 3.05) is 44.0 Å². The third kappa shape index (κ3) is 4.86. The Morgan fingerprint density at radius 2 is 1.84 bits per heavy atom. The van der Waals surface area contributed by atoms with Gasteiger partial charge in [0.25, 0.3) is 0 Å². The van der Waals surface area contributed by atoms with Crippen LogP contribution in [0.25, 0.3) is 0 Å². The summed E-state index contributed by atoms with van der Waals surface area (Å²) in [4.78, 5) is 27.2. The second-order valence-electron chi connectivity index (χ2n) is 4.30. The highest BCUT2D eigenvalue weighted by Crippen LogP contribution is 2.13. The maximum Gasteiger partial charge on any atom is 0.239 e. The predicted molar refractivity (Wildman–Crippen MR) is 75.7 cm³/mol. The summed E-state index contributed by atoms with van der Waals surface area (Å²) < 4.78 is 0. The molecule has 0 bridgehead atoms. The number of hydrogen-bond acceptors (Lipinski definition) is 6. The first-order chi connectivity index (χ1) is 8.93. The van der Waals surface area contributed by atoms with E-state index in [0.29, 0.717) is 18.4 Å². The number of likely N-dealkylation sites (N-methyl/N-ethyl adjacent to an activating group) is 1. The molecule has 1 N–H and O–H groups in total. The number of hydrogen-bond donors (Lipinski definition) is 1. The molecular weight excluding hydrogens is 268 g/mol. The molecule has 0 aliphatic carbocycles. The molecule has 106 valence electrons. The maximum atomic E-state index is 11.6. The Labute approximate surface area is 118 Å². The average molecular weight is 287 g/mol. The van der Waals surface area contributed by atoms with Crippen LogP contribution >= 0.6 is 11.6 Å². The van der Waals surface area contributed by atoms with Crippen molar-refractivity contribution >= 4 is 29.4 Å². The summed E-state index contributed by atoms with van der Waals surface area (Å²) in [5.41, 5.74) is 0. The van der Waals surface area contributed by atoms with Crippen LogP contribution in [0.1, 0.15) is 13.3 Å². The van der Waals surface area contributed by atoms with Crippen LogP contribution in [0, 0.1) is 0 Å². The molecular formula is C11H19ClN6O. The normalized spacial score (nSPS) is 10.2. The molecule has 0 aliphatic rings. The van der Waals surface area contributed by atoms with Gasteiger partial charge in [0.2, 0.25) is 23.1 Å². The van der Waals surface area contributed by atoms with E-state index in [9.17, 15) is 4.79 Å². The fourth-order valence-corrected chi connectivity index (χ4v) is 1.46. The smallest absolute Gasteiger partial charge is 0.239 e. The van der Waals surface area contributed by atoms with Crippen LogP contribution in [0.5, 0.6) is 0 Å². The minimum Gasteiger partial charge on any atom is -0.355 e. The number of nitrogens with one attached hydrogen (secondary N) is 1. The Hall–Kier alpha value is -1.63. The van der Waals surface area contributed by atoms with Crippen molar-refractivity contribution in [2.24, 2.45) is 0 Å². The molecule has 0 aromatic carbocycles. The summed E-state index contributed by atoms with van der Waals surface area (Å²) in [5.74, 6) is 0.749. The van der Waals surface area contributed by atoms with Gasteiger partial charge in [0.05, 0.1) is 6.54 Å². The van der Waals surface area contributed by atoms with E-state index in [1.807, 2.05) is 21.0 Å². The van der Waals surface area contributed by atoms with Gasteiger partial charge in [-0.2, -0.15) is 15.0 Å². The first-order valence-corrected chi connectivity index (χ1v) is 6.38. The number of amides is 1. The van der Waals surface area contributed by atoms with Gasteiger partial charge in [-0.05, 0) is 18.0 Å². The lowest BCUT2D eigenvalue weighted by Crippen LogP contribution is -2.36. The van der Waals surface area contributed by atoms with Crippen LogP contribution < -0.4 is 15.1 Å². The summed E-state index contributed by atoms with van der Waals surface area (Å²) in [6.07, 6.45) is 0.901. The molecule has 1 amide bonds. The molecule has 1 rings (SSSR count). The van der Waals surface area contributed by atoms with Crippen molar-refractivity contribution in [3.63, 3.8) is 0 Å². The minimum absolute atomic E-state index is 0.0766. The number of carbonyl (C=O) groups excluding carboxylic acids is 1. The molecule has 7 nitrogen and oxygen atoms in total. The van der Waals surface area contributed by atoms with E-state index in [4.69, 9.17) is 11.6 Å². The van der Waals surface area contributed by atoms with Crippen molar-refractivity contribution in [2.45, 2.75) is 13.3 Å². The van der Waals surface area contributed by atoms with E-state index in [1.54, 1.807) is 16.8 Å². The van der Waals surface area contributed by atoms with Crippen molar-refractivity contribution in [1.29, 1.82) is 0 Å². The van der Waals surface area contributed by atoms with E-state index < -0.39 is 0 Å². The van der Waals surface area contributed by atoms with Gasteiger partial charge in [-0.1, -0.05) is 6.92 Å². The molecule has 0 aliphatic heterocycles. The lowest BCUT2D eigenvalue weighted by atomic mass is 10.4. The van der Waals surface area contributed by atoms with Crippen LogP contribution in [0.15, 0.2) is 0 Å². The fraction of sp³-hybridized carbons (Fsp3) is 0.636. The fourth-order valence-electron chi connectivity index (χ4n) is 1.31. The molecule has 1 aromatic heterocycles. The summed E-state index contributed by atoms with van der Waals surface area (Å²) in [5, 5.41) is 2.90. The Kier molecular flexibility index (Phi) is 5.75. The highest BCUT2D eigenvalue weighted by molar-refractivity contribution is 6.28. The highest BCUT2D eigenvalue weighted by Gasteiger charge is 2.13. The Morgan fingerprint density at radius 1 is 1.21 bits per heavy atom. The van der Waals surface area contributed by atoms with Crippen LogP contribution in [-0.2, 0) is 4.79 Å². The topological polar surface area (TPSA) is 74.2 Å². The lowest BCUT2D eigenvalue weighted by Gasteiger charge is -2.18. The van der Waals surface area contributed by atoms with E-state index >= 15 is 0 Å². The molecule has 0 atom stereocenters. The first kappa shape index (κ1) is 15.4. The maximum absolute atomic E-state index is 11.6. The molecule has 0 spiro atoms. The summed E-state index contributed by atoms with van der Waals surface area (Å²) in [7, 11) is 5.35. The lowest BCUT2D eigenvalue weighted by molar-refractivity contribution is -0.119. The number of halogens is 1. The zero-order valence-electron chi connectivity index (χ0n) is 11.6. The highest BCUT2D eigenvalue weighted by atomic mass is 35.5. The van der Waals surface area contributed by atoms with Gasteiger partial charge in [0.1, 0.15) is 0 Å². The largest absolute Gasteiger partial charge is 0.355 e. The summed E-state index contributed by atoms with van der Waals surface area (Å²) >= 11 is 5.84. The average Bonchev–Trinajstić information content (AvgIpc) is 2.35. The SMILES string of the molecule is CCCNC(=O)CN(C)c1nc(Cl)nc(N(C)C)n1. The van der Waals surface area contributed by atoms with Gasteiger partial charge < -0.3 is 15.1 Å². The van der Waals surface area contributed by atoms with Crippen LogP contribution in [0.3, 0.4) is 0 Å². The Morgan fingerprint density at radius 3 is 2.42 bits per heavy atom. The van der Waals surface area contributed by atoms with Crippen molar-refractivity contribution in [1.82, 2.24) is 20.3 Å². The molecule has 8 heteroatoms. The molecule has 0 fully saturated rings. The number of aromatic nitrogens is 3. The summed E-state index contributed by atoms with van der Waals surface area (Å²) in [6.45, 7) is 2.83. The van der Waals surface area contributed by atoms with E-state index in [0.717, 1.165) is 6.42 Å². The molecule has 0 unspecified atom stereocenters. The molecule has 0 saturated heterocycles. The third-order valence-corrected chi connectivity index (χ3v) is 2.45. The third-order valence-electron chi connectivity index (χ3n) is 2.28. The molecule has 1 heterocycles. The second kappa shape index (κ2) is 7.08. The standard InChI is InChI=1S/C11H19ClN6O/c1-5-6-13-8(19)7-18(4)11-15-9(12)14-10(16-11)17(2)3/h5-7H2,1-4H3,(H,13,19). The van der Waals surface area contributed by atoms with Crippen LogP contribution in [-0.4, -0.2) is 55.1 Å².